The maximum Gasteiger partial charge on any atom is 0.251 e. The molecule has 0 bridgehead atoms. The van der Waals surface area contributed by atoms with E-state index < -0.39 is 0 Å². The largest absolute Gasteiger partial charge is 0.486 e. The maximum atomic E-state index is 12.6. The number of rotatable bonds is 4. The van der Waals surface area contributed by atoms with Crippen LogP contribution < -0.4 is 19.7 Å². The lowest BCUT2D eigenvalue weighted by Gasteiger charge is -2.20. The van der Waals surface area contributed by atoms with Crippen LogP contribution in [0.5, 0.6) is 11.5 Å². The van der Waals surface area contributed by atoms with Crippen LogP contribution in [-0.2, 0) is 17.8 Å². The number of carbonyl (C=O) groups excluding carboxylic acids is 2. The average Bonchev–Trinajstić information content (AvgIpc) is 3.14. The molecule has 2 aliphatic rings. The molecule has 1 N–H and O–H groups in total. The second-order valence-electron chi connectivity index (χ2n) is 6.78. The van der Waals surface area contributed by atoms with E-state index in [1.54, 1.807) is 17.0 Å². The molecule has 2 aromatic carbocycles. The Morgan fingerprint density at radius 3 is 2.82 bits per heavy atom. The maximum absolute atomic E-state index is 12.6. The Morgan fingerprint density at radius 2 is 2.00 bits per heavy atom. The number of benzene rings is 2. The fourth-order valence-corrected chi connectivity index (χ4v) is 3.83. The highest BCUT2D eigenvalue weighted by molar-refractivity contribution is 6.32. The van der Waals surface area contributed by atoms with Gasteiger partial charge in [0.2, 0.25) is 5.91 Å². The van der Waals surface area contributed by atoms with Crippen LogP contribution in [-0.4, -0.2) is 31.6 Å². The van der Waals surface area contributed by atoms with Gasteiger partial charge in [0.1, 0.15) is 13.2 Å². The van der Waals surface area contributed by atoms with E-state index in [0.717, 1.165) is 23.2 Å². The molecule has 0 atom stereocenters. The van der Waals surface area contributed by atoms with E-state index in [9.17, 15) is 9.59 Å². The lowest BCUT2D eigenvalue weighted by Crippen LogP contribution is -2.27. The van der Waals surface area contributed by atoms with Crippen molar-refractivity contribution in [3.8, 4) is 11.5 Å². The highest BCUT2D eigenvalue weighted by Crippen LogP contribution is 2.38. The fraction of sp³-hybridized carbons (Fsp3) is 0.333. The van der Waals surface area contributed by atoms with E-state index in [4.69, 9.17) is 21.1 Å². The van der Waals surface area contributed by atoms with Gasteiger partial charge in [-0.05, 0) is 47.9 Å². The summed E-state index contributed by atoms with van der Waals surface area (Å²) >= 11 is 6.24. The van der Waals surface area contributed by atoms with Gasteiger partial charge in [-0.2, -0.15) is 0 Å². The summed E-state index contributed by atoms with van der Waals surface area (Å²) < 4.78 is 11.1. The number of nitrogens with zero attached hydrogens (tertiary/aromatic N) is 1. The fourth-order valence-electron chi connectivity index (χ4n) is 3.54. The first-order chi connectivity index (χ1) is 13.6. The summed E-state index contributed by atoms with van der Waals surface area (Å²) in [5.41, 5.74) is 3.34. The van der Waals surface area contributed by atoms with Crippen molar-refractivity contribution >= 4 is 29.1 Å². The van der Waals surface area contributed by atoms with E-state index in [-0.39, 0.29) is 11.8 Å². The van der Waals surface area contributed by atoms with Crippen LogP contribution in [0.25, 0.3) is 0 Å². The van der Waals surface area contributed by atoms with Crippen LogP contribution in [0.15, 0.2) is 30.3 Å². The van der Waals surface area contributed by atoms with Crippen LogP contribution in [0.2, 0.25) is 5.02 Å². The normalized spacial score (nSPS) is 14.6. The second-order valence-corrected chi connectivity index (χ2v) is 7.18. The Kier molecular flexibility index (Phi) is 5.13. The Balaban J connectivity index is 1.45. The van der Waals surface area contributed by atoms with Gasteiger partial charge in [0, 0.05) is 30.8 Å². The third kappa shape index (κ3) is 3.52. The van der Waals surface area contributed by atoms with Gasteiger partial charge in [-0.25, -0.2) is 0 Å². The minimum Gasteiger partial charge on any atom is -0.486 e. The monoisotopic (exact) mass is 400 g/mol. The Morgan fingerprint density at radius 1 is 1.18 bits per heavy atom. The van der Waals surface area contributed by atoms with Gasteiger partial charge in [-0.1, -0.05) is 18.5 Å². The second kappa shape index (κ2) is 7.72. The van der Waals surface area contributed by atoms with E-state index in [1.165, 1.54) is 0 Å². The zero-order chi connectivity index (χ0) is 19.7. The molecular weight excluding hydrogens is 380 g/mol. The number of ether oxygens (including phenoxy) is 2. The molecule has 0 aliphatic carbocycles. The number of anilines is 1. The first-order valence-electron chi connectivity index (χ1n) is 9.36. The number of amides is 2. The van der Waals surface area contributed by atoms with Gasteiger partial charge in [0.15, 0.2) is 11.5 Å². The molecule has 0 saturated heterocycles. The summed E-state index contributed by atoms with van der Waals surface area (Å²) in [4.78, 5) is 26.4. The van der Waals surface area contributed by atoms with Gasteiger partial charge in [-0.3, -0.25) is 9.59 Å². The molecule has 0 radical (unpaired) electrons. The first-order valence-corrected chi connectivity index (χ1v) is 9.74. The van der Waals surface area contributed by atoms with Gasteiger partial charge < -0.3 is 19.7 Å². The van der Waals surface area contributed by atoms with Gasteiger partial charge in [0.25, 0.3) is 5.91 Å². The van der Waals surface area contributed by atoms with Crippen molar-refractivity contribution in [2.24, 2.45) is 0 Å². The number of halogens is 1. The molecule has 2 aliphatic heterocycles. The summed E-state index contributed by atoms with van der Waals surface area (Å²) in [5.74, 6) is 1.08. The molecule has 7 heteroatoms. The molecule has 0 fully saturated rings. The highest BCUT2D eigenvalue weighted by Gasteiger charge is 2.24. The van der Waals surface area contributed by atoms with Crippen molar-refractivity contribution in [3.05, 3.63) is 52.0 Å². The first kappa shape index (κ1) is 18.6. The Bertz CT molecular complexity index is 944. The molecule has 2 aromatic rings. The third-order valence-corrected chi connectivity index (χ3v) is 5.23. The quantitative estimate of drug-likeness (QED) is 0.854. The summed E-state index contributed by atoms with van der Waals surface area (Å²) in [6.45, 7) is 3.80. The van der Waals surface area contributed by atoms with E-state index >= 15 is 0 Å². The molecule has 4 rings (SSSR count). The SMILES string of the molecule is CCC(=O)N1CCc2cc(C(=O)NCc3cc(Cl)c4c(c3)OCCO4)ccc21. The molecule has 2 heterocycles. The van der Waals surface area contributed by atoms with Crippen LogP contribution >= 0.6 is 11.6 Å². The lowest BCUT2D eigenvalue weighted by atomic mass is 10.1. The molecule has 6 nitrogen and oxygen atoms in total. The van der Waals surface area contributed by atoms with E-state index in [2.05, 4.69) is 5.32 Å². The topological polar surface area (TPSA) is 67.9 Å². The van der Waals surface area contributed by atoms with Crippen molar-refractivity contribution in [2.45, 2.75) is 26.3 Å². The minimum atomic E-state index is -0.172. The predicted molar refractivity (Wildman–Crippen MR) is 106 cm³/mol. The number of fused-ring (bicyclic) bond motifs is 2. The summed E-state index contributed by atoms with van der Waals surface area (Å²) in [7, 11) is 0. The number of carbonyl (C=O) groups is 2. The molecule has 0 unspecified atom stereocenters. The van der Waals surface area contributed by atoms with Gasteiger partial charge >= 0.3 is 0 Å². The summed E-state index contributed by atoms with van der Waals surface area (Å²) in [6.07, 6.45) is 1.24. The van der Waals surface area contributed by atoms with Crippen LogP contribution in [0.1, 0.15) is 34.8 Å². The standard InChI is InChI=1S/C21H21ClN2O4/c1-2-19(25)24-6-5-14-11-15(3-4-17(14)24)21(26)23-12-13-9-16(22)20-18(10-13)27-7-8-28-20/h3-4,9-11H,2,5-8,12H2,1H3,(H,23,26). The Hall–Kier alpha value is -2.73. The molecule has 146 valence electrons. The predicted octanol–water partition coefficient (Wildman–Crippen LogP) is 3.34. The zero-order valence-corrected chi connectivity index (χ0v) is 16.3. The number of hydrogen-bond acceptors (Lipinski definition) is 4. The summed E-state index contributed by atoms with van der Waals surface area (Å²) in [6, 6.07) is 9.08. The van der Waals surface area contributed by atoms with E-state index in [1.807, 2.05) is 25.1 Å². The highest BCUT2D eigenvalue weighted by atomic mass is 35.5. The van der Waals surface area contributed by atoms with Crippen LogP contribution in [0, 0.1) is 0 Å². The van der Waals surface area contributed by atoms with Crippen molar-refractivity contribution < 1.29 is 19.1 Å². The minimum absolute atomic E-state index is 0.103. The van der Waals surface area contributed by atoms with Crippen LogP contribution in [0.4, 0.5) is 5.69 Å². The number of hydrogen-bond donors (Lipinski definition) is 1. The lowest BCUT2D eigenvalue weighted by molar-refractivity contribution is -0.118. The molecular formula is C21H21ClN2O4. The average molecular weight is 401 g/mol. The molecule has 0 aromatic heterocycles. The Labute approximate surface area is 168 Å². The molecule has 0 spiro atoms. The van der Waals surface area contributed by atoms with Crippen LogP contribution in [0.3, 0.4) is 0 Å². The summed E-state index contributed by atoms with van der Waals surface area (Å²) in [5, 5.41) is 3.38. The van der Waals surface area contributed by atoms with E-state index in [0.29, 0.717) is 54.8 Å². The van der Waals surface area contributed by atoms with Crippen molar-refractivity contribution in [3.63, 3.8) is 0 Å². The molecule has 28 heavy (non-hydrogen) atoms. The smallest absolute Gasteiger partial charge is 0.251 e. The number of nitrogens with one attached hydrogen (secondary N) is 1. The third-order valence-electron chi connectivity index (χ3n) is 4.95. The van der Waals surface area contributed by atoms with Gasteiger partial charge in [-0.15, -0.1) is 0 Å². The van der Waals surface area contributed by atoms with Crippen molar-refractivity contribution in [1.82, 2.24) is 5.32 Å². The van der Waals surface area contributed by atoms with Gasteiger partial charge in [0.05, 0.1) is 5.02 Å². The van der Waals surface area contributed by atoms with Crippen molar-refractivity contribution in [2.75, 3.05) is 24.7 Å². The molecule has 2 amide bonds. The zero-order valence-electron chi connectivity index (χ0n) is 15.6. The van der Waals surface area contributed by atoms with Crippen molar-refractivity contribution in [1.29, 1.82) is 0 Å². The molecule has 0 saturated carbocycles.